The zero-order valence-electron chi connectivity index (χ0n) is 11.9. The molecule has 5 nitrogen and oxygen atoms in total. The largest absolute Gasteiger partial charge is 0.439 e. The molecule has 6 heteroatoms. The van der Waals surface area contributed by atoms with Crippen molar-refractivity contribution < 1.29 is 9.53 Å². The number of pyridine rings is 1. The van der Waals surface area contributed by atoms with Crippen LogP contribution >= 0.6 is 11.6 Å². The molecule has 0 saturated carbocycles. The highest BCUT2D eigenvalue weighted by atomic mass is 35.5. The van der Waals surface area contributed by atoms with Crippen molar-refractivity contribution in [1.29, 1.82) is 0 Å². The molecular formula is C16H16ClN3O2. The molecule has 22 heavy (non-hydrogen) atoms. The van der Waals surface area contributed by atoms with Gasteiger partial charge in [-0.1, -0.05) is 11.6 Å². The summed E-state index contributed by atoms with van der Waals surface area (Å²) in [6, 6.07) is 10.5. The van der Waals surface area contributed by atoms with Gasteiger partial charge >= 0.3 is 0 Å². The highest BCUT2D eigenvalue weighted by Crippen LogP contribution is 2.22. The van der Waals surface area contributed by atoms with Crippen LogP contribution in [-0.4, -0.2) is 23.5 Å². The molecule has 0 spiro atoms. The van der Waals surface area contributed by atoms with Gasteiger partial charge in [-0.2, -0.15) is 0 Å². The number of aromatic nitrogens is 1. The van der Waals surface area contributed by atoms with Crippen LogP contribution in [0.1, 0.15) is 12.8 Å². The standard InChI is InChI=1S/C16H16ClN3O2/c17-11-3-8-15(19-10-11)22-13-6-4-12(5-7-13)20-16(21)14-2-1-9-18-14/h3-8,10,14,18H,1-2,9H2,(H,20,21)/t14-/m0/s1. The summed E-state index contributed by atoms with van der Waals surface area (Å²) in [4.78, 5) is 16.1. The maximum Gasteiger partial charge on any atom is 0.241 e. The summed E-state index contributed by atoms with van der Waals surface area (Å²) in [7, 11) is 0. The van der Waals surface area contributed by atoms with E-state index in [4.69, 9.17) is 16.3 Å². The number of hydrogen-bond acceptors (Lipinski definition) is 4. The Morgan fingerprint density at radius 3 is 2.73 bits per heavy atom. The van der Waals surface area contributed by atoms with E-state index in [2.05, 4.69) is 15.6 Å². The van der Waals surface area contributed by atoms with Gasteiger partial charge in [0.05, 0.1) is 11.1 Å². The Bertz CT molecular complexity index is 637. The molecule has 2 heterocycles. The number of nitrogens with one attached hydrogen (secondary N) is 2. The molecule has 0 aliphatic carbocycles. The first kappa shape index (κ1) is 14.8. The van der Waals surface area contributed by atoms with Gasteiger partial charge in [0.15, 0.2) is 0 Å². The average Bonchev–Trinajstić information content (AvgIpc) is 3.06. The highest BCUT2D eigenvalue weighted by Gasteiger charge is 2.21. The molecule has 2 N–H and O–H groups in total. The van der Waals surface area contributed by atoms with Gasteiger partial charge in [0.1, 0.15) is 5.75 Å². The molecule has 1 aliphatic heterocycles. The summed E-state index contributed by atoms with van der Waals surface area (Å²) < 4.78 is 5.60. The number of anilines is 1. The van der Waals surface area contributed by atoms with Gasteiger partial charge in [-0.25, -0.2) is 4.98 Å². The lowest BCUT2D eigenvalue weighted by Gasteiger charge is -2.11. The first-order valence-electron chi connectivity index (χ1n) is 7.14. The summed E-state index contributed by atoms with van der Waals surface area (Å²) in [5, 5.41) is 6.62. The molecule has 3 rings (SSSR count). The SMILES string of the molecule is O=C(Nc1ccc(Oc2ccc(Cl)cn2)cc1)[C@@H]1CCCN1. The minimum atomic E-state index is -0.0887. The van der Waals surface area contributed by atoms with Crippen LogP contribution in [0.15, 0.2) is 42.6 Å². The van der Waals surface area contributed by atoms with Crippen LogP contribution < -0.4 is 15.4 Å². The van der Waals surface area contributed by atoms with Crippen molar-refractivity contribution in [2.45, 2.75) is 18.9 Å². The van der Waals surface area contributed by atoms with Crippen molar-refractivity contribution in [3.05, 3.63) is 47.6 Å². The predicted molar refractivity (Wildman–Crippen MR) is 85.4 cm³/mol. The number of nitrogens with zero attached hydrogens (tertiary/aromatic N) is 1. The number of hydrogen-bond donors (Lipinski definition) is 2. The van der Waals surface area contributed by atoms with Gasteiger partial charge in [0.2, 0.25) is 11.8 Å². The Morgan fingerprint density at radius 2 is 2.09 bits per heavy atom. The first-order chi connectivity index (χ1) is 10.7. The third-order valence-corrected chi connectivity index (χ3v) is 3.64. The number of amides is 1. The van der Waals surface area contributed by atoms with Gasteiger partial charge < -0.3 is 15.4 Å². The molecule has 1 aromatic heterocycles. The van der Waals surface area contributed by atoms with Crippen LogP contribution in [0.3, 0.4) is 0 Å². The molecule has 0 bridgehead atoms. The zero-order valence-corrected chi connectivity index (χ0v) is 12.6. The summed E-state index contributed by atoms with van der Waals surface area (Å²) in [6.07, 6.45) is 3.45. The van der Waals surface area contributed by atoms with Gasteiger partial charge in [-0.05, 0) is 49.7 Å². The normalized spacial score (nSPS) is 17.2. The minimum absolute atomic E-state index is 0.00513. The van der Waals surface area contributed by atoms with Crippen molar-refractivity contribution in [2.75, 3.05) is 11.9 Å². The molecule has 2 aromatic rings. The van der Waals surface area contributed by atoms with Crippen molar-refractivity contribution in [3.8, 4) is 11.6 Å². The summed E-state index contributed by atoms with van der Waals surface area (Å²) >= 11 is 5.77. The predicted octanol–water partition coefficient (Wildman–Crippen LogP) is 3.22. The van der Waals surface area contributed by atoms with Gasteiger partial charge in [0.25, 0.3) is 0 Å². The maximum absolute atomic E-state index is 12.0. The lowest BCUT2D eigenvalue weighted by atomic mass is 10.2. The second-order valence-electron chi connectivity index (χ2n) is 5.08. The van der Waals surface area contributed by atoms with Gasteiger partial charge in [0, 0.05) is 18.0 Å². The number of ether oxygens (including phenoxy) is 1. The third-order valence-electron chi connectivity index (χ3n) is 3.42. The molecule has 114 valence electrons. The average molecular weight is 318 g/mol. The molecule has 0 radical (unpaired) electrons. The fourth-order valence-corrected chi connectivity index (χ4v) is 2.40. The smallest absolute Gasteiger partial charge is 0.241 e. The molecule has 1 aliphatic rings. The summed E-state index contributed by atoms with van der Waals surface area (Å²) in [5.41, 5.74) is 0.745. The Labute approximate surface area is 133 Å². The lowest BCUT2D eigenvalue weighted by molar-refractivity contribution is -0.117. The number of rotatable bonds is 4. The lowest BCUT2D eigenvalue weighted by Crippen LogP contribution is -2.35. The van der Waals surface area contributed by atoms with Crippen molar-refractivity contribution in [2.24, 2.45) is 0 Å². The van der Waals surface area contributed by atoms with Crippen molar-refractivity contribution in [1.82, 2.24) is 10.3 Å². The van der Waals surface area contributed by atoms with E-state index in [-0.39, 0.29) is 11.9 Å². The van der Waals surface area contributed by atoms with Crippen LogP contribution in [0.5, 0.6) is 11.6 Å². The highest BCUT2D eigenvalue weighted by molar-refractivity contribution is 6.30. The van der Waals surface area contributed by atoms with E-state index in [1.807, 2.05) is 0 Å². The van der Waals surface area contributed by atoms with E-state index in [1.54, 1.807) is 36.4 Å². The minimum Gasteiger partial charge on any atom is -0.439 e. The third kappa shape index (κ3) is 3.75. The van der Waals surface area contributed by atoms with Crippen LogP contribution in [0.25, 0.3) is 0 Å². The second-order valence-corrected chi connectivity index (χ2v) is 5.52. The summed E-state index contributed by atoms with van der Waals surface area (Å²) in [5.74, 6) is 1.12. The van der Waals surface area contributed by atoms with Crippen LogP contribution in [-0.2, 0) is 4.79 Å². The number of benzene rings is 1. The second kappa shape index (κ2) is 6.77. The molecule has 1 atom stereocenters. The van der Waals surface area contributed by atoms with Crippen molar-refractivity contribution >= 4 is 23.2 Å². The fraction of sp³-hybridized carbons (Fsp3) is 0.250. The number of carbonyl (C=O) groups is 1. The van der Waals surface area contributed by atoms with E-state index in [9.17, 15) is 4.79 Å². The van der Waals surface area contributed by atoms with Crippen LogP contribution in [0.4, 0.5) is 5.69 Å². The maximum atomic E-state index is 12.0. The van der Waals surface area contributed by atoms with E-state index in [1.165, 1.54) is 6.20 Å². The molecule has 1 amide bonds. The van der Waals surface area contributed by atoms with E-state index >= 15 is 0 Å². The molecule has 1 fully saturated rings. The van der Waals surface area contributed by atoms with Crippen LogP contribution in [0.2, 0.25) is 5.02 Å². The molecule has 1 aromatic carbocycles. The Kier molecular flexibility index (Phi) is 4.56. The molecule has 1 saturated heterocycles. The fourth-order valence-electron chi connectivity index (χ4n) is 2.29. The van der Waals surface area contributed by atoms with Crippen LogP contribution in [0, 0.1) is 0 Å². The van der Waals surface area contributed by atoms with Gasteiger partial charge in [-0.3, -0.25) is 4.79 Å². The Hall–Kier alpha value is -2.11. The van der Waals surface area contributed by atoms with E-state index in [0.717, 1.165) is 25.1 Å². The van der Waals surface area contributed by atoms with Gasteiger partial charge in [-0.15, -0.1) is 0 Å². The van der Waals surface area contributed by atoms with E-state index in [0.29, 0.717) is 16.7 Å². The Balaban J connectivity index is 1.60. The topological polar surface area (TPSA) is 63.2 Å². The monoisotopic (exact) mass is 317 g/mol. The number of halogens is 1. The van der Waals surface area contributed by atoms with Crippen molar-refractivity contribution in [3.63, 3.8) is 0 Å². The number of carbonyl (C=O) groups excluding carboxylic acids is 1. The zero-order chi connectivity index (χ0) is 15.4. The quantitative estimate of drug-likeness (QED) is 0.909. The first-order valence-corrected chi connectivity index (χ1v) is 7.52. The molecule has 0 unspecified atom stereocenters. The summed E-state index contributed by atoms with van der Waals surface area (Å²) in [6.45, 7) is 0.902. The molecular weight excluding hydrogens is 302 g/mol. The Morgan fingerprint density at radius 1 is 1.27 bits per heavy atom. The van der Waals surface area contributed by atoms with E-state index < -0.39 is 0 Å².